The average Bonchev–Trinajstić information content (AvgIpc) is 3.09. The maximum absolute atomic E-state index is 12.1. The molecule has 2 heterocycles. The summed E-state index contributed by atoms with van der Waals surface area (Å²) >= 11 is 1.57. The number of amides is 1. The number of methoxy groups -OCH3 is 1. The van der Waals surface area contributed by atoms with E-state index in [0.717, 1.165) is 40.6 Å². The van der Waals surface area contributed by atoms with Crippen molar-refractivity contribution in [2.75, 3.05) is 20.3 Å². The molecule has 1 aliphatic heterocycles. The summed E-state index contributed by atoms with van der Waals surface area (Å²) < 4.78 is 10.8. The zero-order valence-electron chi connectivity index (χ0n) is 13.8. The molecule has 1 saturated heterocycles. The van der Waals surface area contributed by atoms with Gasteiger partial charge in [0.25, 0.3) is 0 Å². The molecule has 1 amide bonds. The summed E-state index contributed by atoms with van der Waals surface area (Å²) in [7, 11) is 1.66. The molecule has 0 aliphatic carbocycles. The zero-order chi connectivity index (χ0) is 16.8. The molecule has 2 aromatic rings. The highest BCUT2D eigenvalue weighted by atomic mass is 32.1. The number of carbonyl (C=O) groups excluding carboxylic acids is 1. The molecule has 1 aliphatic rings. The number of nitrogens with zero attached hydrogens (tertiary/aromatic N) is 1. The smallest absolute Gasteiger partial charge is 0.220 e. The Bertz CT molecular complexity index is 680. The van der Waals surface area contributed by atoms with Gasteiger partial charge in [0.1, 0.15) is 10.8 Å². The number of nitrogens with one attached hydrogen (secondary N) is 1. The Morgan fingerprint density at radius 2 is 2.33 bits per heavy atom. The Hall–Kier alpha value is -1.92. The highest BCUT2D eigenvalue weighted by Gasteiger charge is 2.17. The Morgan fingerprint density at radius 3 is 3.12 bits per heavy atom. The van der Waals surface area contributed by atoms with E-state index in [4.69, 9.17) is 9.47 Å². The molecule has 1 aromatic heterocycles. The first-order chi connectivity index (χ1) is 11.8. The molecule has 6 heteroatoms. The molecule has 5 nitrogen and oxygen atoms in total. The van der Waals surface area contributed by atoms with Crippen LogP contribution in [0.25, 0.3) is 10.6 Å². The van der Waals surface area contributed by atoms with Crippen molar-refractivity contribution in [1.82, 2.24) is 10.3 Å². The summed E-state index contributed by atoms with van der Waals surface area (Å²) in [5.74, 6) is 1.24. The van der Waals surface area contributed by atoms with Gasteiger partial charge in [0.15, 0.2) is 0 Å². The standard InChI is InChI=1S/C18H22N2O3S/c1-22-16-7-3-2-6-15(16)18-20-11-14(24-18)10-19-17(21)9-13-5-4-8-23-12-13/h2-3,6-7,11,13H,4-5,8-10,12H2,1H3,(H,19,21). The van der Waals surface area contributed by atoms with Crippen LogP contribution in [0.3, 0.4) is 0 Å². The number of hydrogen-bond donors (Lipinski definition) is 1. The number of carbonyl (C=O) groups is 1. The highest BCUT2D eigenvalue weighted by Crippen LogP contribution is 2.32. The first kappa shape index (κ1) is 16.9. The van der Waals surface area contributed by atoms with Crippen molar-refractivity contribution in [2.45, 2.75) is 25.8 Å². The summed E-state index contributed by atoms with van der Waals surface area (Å²) in [5.41, 5.74) is 0.974. The van der Waals surface area contributed by atoms with E-state index in [1.54, 1.807) is 18.4 Å². The second-order valence-electron chi connectivity index (χ2n) is 5.90. The fraction of sp³-hybridized carbons (Fsp3) is 0.444. The molecule has 24 heavy (non-hydrogen) atoms. The van der Waals surface area contributed by atoms with Gasteiger partial charge in [-0.2, -0.15) is 0 Å². The van der Waals surface area contributed by atoms with E-state index in [9.17, 15) is 4.79 Å². The minimum atomic E-state index is 0.0812. The summed E-state index contributed by atoms with van der Waals surface area (Å²) in [4.78, 5) is 17.5. The Kier molecular flexibility index (Phi) is 5.82. The van der Waals surface area contributed by atoms with Crippen LogP contribution in [0.2, 0.25) is 0 Å². The molecular formula is C18H22N2O3S. The summed E-state index contributed by atoms with van der Waals surface area (Å²) in [6.07, 6.45) is 4.48. The van der Waals surface area contributed by atoms with Crippen molar-refractivity contribution in [3.63, 3.8) is 0 Å². The lowest BCUT2D eigenvalue weighted by Gasteiger charge is -2.21. The molecule has 1 N–H and O–H groups in total. The van der Waals surface area contributed by atoms with E-state index in [0.29, 0.717) is 25.5 Å². The van der Waals surface area contributed by atoms with Crippen LogP contribution >= 0.6 is 11.3 Å². The van der Waals surface area contributed by atoms with Crippen molar-refractivity contribution >= 4 is 17.2 Å². The fourth-order valence-electron chi connectivity index (χ4n) is 2.82. The molecule has 0 radical (unpaired) electrons. The van der Waals surface area contributed by atoms with Crippen LogP contribution in [0, 0.1) is 5.92 Å². The monoisotopic (exact) mass is 346 g/mol. The van der Waals surface area contributed by atoms with Crippen LogP contribution in [-0.4, -0.2) is 31.2 Å². The van der Waals surface area contributed by atoms with Crippen LogP contribution in [0.1, 0.15) is 24.1 Å². The Balaban J connectivity index is 1.55. The molecule has 1 unspecified atom stereocenters. The number of thiazole rings is 1. The third-order valence-corrected chi connectivity index (χ3v) is 5.11. The molecule has 1 aromatic carbocycles. The van der Waals surface area contributed by atoms with Crippen molar-refractivity contribution in [2.24, 2.45) is 5.92 Å². The predicted octanol–water partition coefficient (Wildman–Crippen LogP) is 3.25. The van der Waals surface area contributed by atoms with Crippen LogP contribution in [0.4, 0.5) is 0 Å². The first-order valence-corrected chi connectivity index (χ1v) is 9.00. The fourth-order valence-corrected chi connectivity index (χ4v) is 3.71. The number of hydrogen-bond acceptors (Lipinski definition) is 5. The number of aromatic nitrogens is 1. The third-order valence-electron chi connectivity index (χ3n) is 4.08. The third kappa shape index (κ3) is 4.33. The molecular weight excluding hydrogens is 324 g/mol. The summed E-state index contributed by atoms with van der Waals surface area (Å²) in [6.45, 7) is 2.04. The molecule has 0 saturated carbocycles. The highest BCUT2D eigenvalue weighted by molar-refractivity contribution is 7.15. The molecule has 0 bridgehead atoms. The van der Waals surface area contributed by atoms with Crippen LogP contribution in [-0.2, 0) is 16.1 Å². The van der Waals surface area contributed by atoms with Gasteiger partial charge in [0, 0.05) is 30.7 Å². The van der Waals surface area contributed by atoms with Gasteiger partial charge in [-0.3, -0.25) is 4.79 Å². The Morgan fingerprint density at radius 1 is 1.46 bits per heavy atom. The first-order valence-electron chi connectivity index (χ1n) is 8.19. The lowest BCUT2D eigenvalue weighted by molar-refractivity contribution is -0.123. The normalized spacial score (nSPS) is 17.5. The van der Waals surface area contributed by atoms with Gasteiger partial charge < -0.3 is 14.8 Å². The van der Waals surface area contributed by atoms with E-state index in [1.165, 1.54) is 0 Å². The second-order valence-corrected chi connectivity index (χ2v) is 7.01. The molecule has 3 rings (SSSR count). The maximum Gasteiger partial charge on any atom is 0.220 e. The zero-order valence-corrected chi connectivity index (χ0v) is 14.6. The molecule has 1 fully saturated rings. The average molecular weight is 346 g/mol. The summed E-state index contributed by atoms with van der Waals surface area (Å²) in [6, 6.07) is 7.81. The lowest BCUT2D eigenvalue weighted by Crippen LogP contribution is -2.28. The number of para-hydroxylation sites is 1. The van der Waals surface area contributed by atoms with Crippen molar-refractivity contribution < 1.29 is 14.3 Å². The molecule has 0 spiro atoms. The predicted molar refractivity (Wildman–Crippen MR) is 94.1 cm³/mol. The lowest BCUT2D eigenvalue weighted by atomic mass is 9.98. The van der Waals surface area contributed by atoms with Gasteiger partial charge in [-0.15, -0.1) is 11.3 Å². The minimum absolute atomic E-state index is 0.0812. The second kappa shape index (κ2) is 8.26. The summed E-state index contributed by atoms with van der Waals surface area (Å²) in [5, 5.41) is 3.88. The van der Waals surface area contributed by atoms with E-state index >= 15 is 0 Å². The van der Waals surface area contributed by atoms with E-state index in [-0.39, 0.29) is 5.91 Å². The Labute approximate surface area is 146 Å². The van der Waals surface area contributed by atoms with Crippen molar-refractivity contribution in [3.05, 3.63) is 35.3 Å². The van der Waals surface area contributed by atoms with Crippen molar-refractivity contribution in [3.8, 4) is 16.3 Å². The largest absolute Gasteiger partial charge is 0.496 e. The quantitative estimate of drug-likeness (QED) is 0.872. The van der Waals surface area contributed by atoms with Crippen LogP contribution in [0.15, 0.2) is 30.5 Å². The van der Waals surface area contributed by atoms with Gasteiger partial charge in [0.05, 0.1) is 19.2 Å². The minimum Gasteiger partial charge on any atom is -0.496 e. The van der Waals surface area contributed by atoms with Gasteiger partial charge in [-0.25, -0.2) is 4.98 Å². The maximum atomic E-state index is 12.1. The number of rotatable bonds is 6. The van der Waals surface area contributed by atoms with Gasteiger partial charge >= 0.3 is 0 Å². The van der Waals surface area contributed by atoms with Gasteiger partial charge in [-0.05, 0) is 30.9 Å². The number of ether oxygens (including phenoxy) is 2. The van der Waals surface area contributed by atoms with Gasteiger partial charge in [-0.1, -0.05) is 12.1 Å². The number of benzene rings is 1. The van der Waals surface area contributed by atoms with Gasteiger partial charge in [0.2, 0.25) is 5.91 Å². The van der Waals surface area contributed by atoms with E-state index in [1.807, 2.05) is 30.5 Å². The SMILES string of the molecule is COc1ccccc1-c1ncc(CNC(=O)CC2CCCOC2)s1. The van der Waals surface area contributed by atoms with Crippen LogP contribution in [0.5, 0.6) is 5.75 Å². The molecule has 1 atom stereocenters. The topological polar surface area (TPSA) is 60.5 Å². The molecule has 128 valence electrons. The van der Waals surface area contributed by atoms with Crippen molar-refractivity contribution in [1.29, 1.82) is 0 Å². The van der Waals surface area contributed by atoms with E-state index < -0.39 is 0 Å². The van der Waals surface area contributed by atoms with E-state index in [2.05, 4.69) is 10.3 Å². The van der Waals surface area contributed by atoms with Crippen LogP contribution < -0.4 is 10.1 Å².